The molecule has 4 nitrogen and oxygen atoms in total. The molecule has 0 saturated heterocycles. The lowest BCUT2D eigenvalue weighted by molar-refractivity contribution is -0.123. The number of aliphatic hydroxyl groups is 2. The van der Waals surface area contributed by atoms with E-state index in [0.29, 0.717) is 6.42 Å². The van der Waals surface area contributed by atoms with E-state index in [1.165, 1.54) is 141 Å². The number of nitrogens with one attached hydrogen (secondary N) is 1. The summed E-state index contributed by atoms with van der Waals surface area (Å²) in [6, 6.07) is -0.640. The van der Waals surface area contributed by atoms with Crippen LogP contribution in [0.4, 0.5) is 0 Å². The first-order valence-electron chi connectivity index (χ1n) is 20.2. The molecule has 0 rings (SSSR count). The normalized spacial score (nSPS) is 13.4. The lowest BCUT2D eigenvalue weighted by Crippen LogP contribution is -2.45. The van der Waals surface area contributed by atoms with Crippen LogP contribution in [0.3, 0.4) is 0 Å². The van der Waals surface area contributed by atoms with E-state index < -0.39 is 12.1 Å². The first kappa shape index (κ1) is 44.6. The van der Waals surface area contributed by atoms with Crippen molar-refractivity contribution in [2.75, 3.05) is 6.61 Å². The van der Waals surface area contributed by atoms with Gasteiger partial charge in [0.25, 0.3) is 0 Å². The van der Waals surface area contributed by atoms with Crippen molar-refractivity contribution < 1.29 is 15.0 Å². The quantitative estimate of drug-likeness (QED) is 0.0469. The molecule has 2 atom stereocenters. The van der Waals surface area contributed by atoms with Crippen molar-refractivity contribution >= 4 is 5.91 Å². The second kappa shape index (κ2) is 38.1. The van der Waals surface area contributed by atoms with Gasteiger partial charge in [0.05, 0.1) is 18.8 Å². The number of carbonyl (C=O) groups excluding carboxylic acids is 1. The number of carbonyl (C=O) groups is 1. The van der Waals surface area contributed by atoms with Crippen molar-refractivity contribution in [2.24, 2.45) is 0 Å². The molecule has 0 radical (unpaired) electrons. The average molecular weight is 646 g/mol. The van der Waals surface area contributed by atoms with Gasteiger partial charge >= 0.3 is 0 Å². The Bertz CT molecular complexity index is 701. The molecular formula is C42H79NO3. The van der Waals surface area contributed by atoms with Gasteiger partial charge in [0.1, 0.15) is 0 Å². The number of allylic oxidation sites excluding steroid dienone is 5. The highest BCUT2D eigenvalue weighted by atomic mass is 16.3. The molecule has 0 fully saturated rings. The summed E-state index contributed by atoms with van der Waals surface area (Å²) in [7, 11) is 0. The maximum Gasteiger partial charge on any atom is 0.220 e. The van der Waals surface area contributed by atoms with Gasteiger partial charge in [-0.1, -0.05) is 198 Å². The zero-order chi connectivity index (χ0) is 33.6. The fourth-order valence-corrected chi connectivity index (χ4v) is 6.04. The highest BCUT2D eigenvalue weighted by Gasteiger charge is 2.17. The van der Waals surface area contributed by atoms with Gasteiger partial charge in [-0.3, -0.25) is 4.79 Å². The summed E-state index contributed by atoms with van der Waals surface area (Å²) in [6.07, 6.45) is 49.8. The van der Waals surface area contributed by atoms with E-state index >= 15 is 0 Å². The van der Waals surface area contributed by atoms with Gasteiger partial charge in [0.2, 0.25) is 5.91 Å². The summed E-state index contributed by atoms with van der Waals surface area (Å²) < 4.78 is 0. The fourth-order valence-electron chi connectivity index (χ4n) is 6.04. The summed E-state index contributed by atoms with van der Waals surface area (Å²) in [5.74, 6) is -0.0784. The van der Waals surface area contributed by atoms with Crippen LogP contribution in [-0.4, -0.2) is 34.9 Å². The van der Waals surface area contributed by atoms with Crippen molar-refractivity contribution in [3.05, 3.63) is 36.5 Å². The molecule has 0 aromatic heterocycles. The fraction of sp³-hybridized carbons (Fsp3) is 0.833. The molecule has 0 heterocycles. The molecule has 1 amide bonds. The molecule has 0 bridgehead atoms. The van der Waals surface area contributed by atoms with Crippen LogP contribution in [0, 0.1) is 0 Å². The van der Waals surface area contributed by atoms with Gasteiger partial charge < -0.3 is 15.5 Å². The van der Waals surface area contributed by atoms with Crippen LogP contribution in [-0.2, 0) is 4.79 Å². The van der Waals surface area contributed by atoms with Crippen LogP contribution in [0.15, 0.2) is 36.5 Å². The van der Waals surface area contributed by atoms with Crippen molar-refractivity contribution in [1.29, 1.82) is 0 Å². The minimum Gasteiger partial charge on any atom is -0.394 e. The molecule has 270 valence electrons. The van der Waals surface area contributed by atoms with Crippen molar-refractivity contribution in [2.45, 2.75) is 219 Å². The monoisotopic (exact) mass is 646 g/mol. The maximum absolute atomic E-state index is 12.3. The third kappa shape index (κ3) is 34.0. The van der Waals surface area contributed by atoms with Gasteiger partial charge in [-0.2, -0.15) is 0 Å². The van der Waals surface area contributed by atoms with Crippen LogP contribution in [0.5, 0.6) is 0 Å². The third-order valence-corrected chi connectivity index (χ3v) is 9.12. The van der Waals surface area contributed by atoms with E-state index in [1.54, 1.807) is 6.08 Å². The van der Waals surface area contributed by atoms with Crippen LogP contribution in [0.25, 0.3) is 0 Å². The SMILES string of the molecule is CC/C=C/CC/C=C/CC/C=C/C(O)C(CO)NC(=O)CCCCCCCCCCCCCCCCCCCCCCCCCC. The van der Waals surface area contributed by atoms with Gasteiger partial charge in [0.15, 0.2) is 0 Å². The van der Waals surface area contributed by atoms with Gasteiger partial charge in [-0.15, -0.1) is 0 Å². The lowest BCUT2D eigenvalue weighted by atomic mass is 10.0. The number of aliphatic hydroxyl groups excluding tert-OH is 2. The van der Waals surface area contributed by atoms with Gasteiger partial charge in [-0.25, -0.2) is 0 Å². The van der Waals surface area contributed by atoms with Crippen LogP contribution in [0.2, 0.25) is 0 Å². The molecule has 0 saturated carbocycles. The molecule has 0 aliphatic carbocycles. The van der Waals surface area contributed by atoms with E-state index in [2.05, 4.69) is 43.5 Å². The zero-order valence-corrected chi connectivity index (χ0v) is 30.8. The van der Waals surface area contributed by atoms with Crippen LogP contribution in [0.1, 0.15) is 206 Å². The number of hydrogen-bond donors (Lipinski definition) is 3. The molecular weight excluding hydrogens is 566 g/mol. The topological polar surface area (TPSA) is 69.6 Å². The predicted molar refractivity (Wildman–Crippen MR) is 202 cm³/mol. The third-order valence-electron chi connectivity index (χ3n) is 9.12. The van der Waals surface area contributed by atoms with Crippen molar-refractivity contribution in [1.82, 2.24) is 5.32 Å². The van der Waals surface area contributed by atoms with E-state index in [-0.39, 0.29) is 12.5 Å². The maximum atomic E-state index is 12.3. The molecule has 0 aromatic rings. The smallest absolute Gasteiger partial charge is 0.220 e. The van der Waals surface area contributed by atoms with Gasteiger partial charge in [0, 0.05) is 6.42 Å². The predicted octanol–water partition coefficient (Wildman–Crippen LogP) is 12.2. The van der Waals surface area contributed by atoms with E-state index in [1.807, 2.05) is 6.08 Å². The Kier molecular flexibility index (Phi) is 36.9. The largest absolute Gasteiger partial charge is 0.394 e. The minimum absolute atomic E-state index is 0.0784. The highest BCUT2D eigenvalue weighted by Crippen LogP contribution is 2.16. The Labute approximate surface area is 287 Å². The van der Waals surface area contributed by atoms with Crippen molar-refractivity contribution in [3.63, 3.8) is 0 Å². The molecule has 4 heteroatoms. The summed E-state index contributed by atoms with van der Waals surface area (Å²) in [4.78, 5) is 12.3. The van der Waals surface area contributed by atoms with Crippen LogP contribution >= 0.6 is 0 Å². The molecule has 0 spiro atoms. The molecule has 0 aliphatic rings. The second-order valence-electron chi connectivity index (χ2n) is 13.7. The van der Waals surface area contributed by atoms with E-state index in [0.717, 1.165) is 44.9 Å². The standard InChI is InChI=1S/C42H79NO3/c1-3-5-7-9-11-13-15-16-17-18-19-20-21-22-23-24-25-26-27-28-30-32-34-36-38-42(46)43-40(39-44)41(45)37-35-33-31-29-14-12-10-8-6-4-2/h6,8,14,29,35,37,40-41,44-45H,3-5,7,9-13,15-28,30-34,36,38-39H2,1-2H3,(H,43,46)/b8-6+,29-14+,37-35+. The summed E-state index contributed by atoms with van der Waals surface area (Å²) >= 11 is 0. The molecule has 0 aliphatic heterocycles. The Hall–Kier alpha value is -1.39. The Balaban J connectivity index is 3.49. The number of rotatable bonds is 36. The van der Waals surface area contributed by atoms with Crippen LogP contribution < -0.4 is 5.32 Å². The number of amides is 1. The molecule has 46 heavy (non-hydrogen) atoms. The minimum atomic E-state index is -0.865. The van der Waals surface area contributed by atoms with E-state index in [9.17, 15) is 15.0 Å². The van der Waals surface area contributed by atoms with Crippen molar-refractivity contribution in [3.8, 4) is 0 Å². The number of hydrogen-bond acceptors (Lipinski definition) is 3. The number of unbranched alkanes of at least 4 members (excludes halogenated alkanes) is 25. The second-order valence-corrected chi connectivity index (χ2v) is 13.7. The lowest BCUT2D eigenvalue weighted by Gasteiger charge is -2.19. The summed E-state index contributed by atoms with van der Waals surface area (Å²) in [5.41, 5.74) is 0. The molecule has 3 N–H and O–H groups in total. The molecule has 0 aromatic carbocycles. The average Bonchev–Trinajstić information content (AvgIpc) is 3.06. The Morgan fingerprint density at radius 3 is 1.24 bits per heavy atom. The van der Waals surface area contributed by atoms with E-state index in [4.69, 9.17) is 0 Å². The first-order valence-corrected chi connectivity index (χ1v) is 20.2. The Morgan fingerprint density at radius 1 is 0.522 bits per heavy atom. The highest BCUT2D eigenvalue weighted by molar-refractivity contribution is 5.76. The zero-order valence-electron chi connectivity index (χ0n) is 30.8. The first-order chi connectivity index (χ1) is 22.7. The summed E-state index contributed by atoms with van der Waals surface area (Å²) in [6.45, 7) is 4.17. The van der Waals surface area contributed by atoms with Gasteiger partial charge in [-0.05, 0) is 38.5 Å². The summed E-state index contributed by atoms with van der Waals surface area (Å²) in [5, 5.41) is 22.8. The molecule has 2 unspecified atom stereocenters. The Morgan fingerprint density at radius 2 is 0.870 bits per heavy atom.